The number of rotatable bonds is 2. The van der Waals surface area contributed by atoms with Gasteiger partial charge in [-0.05, 0) is 59.7 Å². The topological polar surface area (TPSA) is 58.9 Å². The fourth-order valence-corrected chi connectivity index (χ4v) is 3.58. The van der Waals surface area contributed by atoms with Crippen LogP contribution in [-0.4, -0.2) is 24.4 Å². The Bertz CT molecular complexity index is 803. The number of phenolic OH excluding ortho intramolecular Hbond substituents is 2. The highest BCUT2D eigenvalue weighted by molar-refractivity contribution is 5.86. The summed E-state index contributed by atoms with van der Waals surface area (Å²) in [6.45, 7) is 0. The Morgan fingerprint density at radius 1 is 0.739 bits per heavy atom. The van der Waals surface area contributed by atoms with E-state index in [1.807, 2.05) is 24.3 Å². The van der Waals surface area contributed by atoms with Gasteiger partial charge in [-0.2, -0.15) is 0 Å². The van der Waals surface area contributed by atoms with Gasteiger partial charge in [0.15, 0.2) is 0 Å². The highest BCUT2D eigenvalue weighted by Gasteiger charge is 2.45. The van der Waals surface area contributed by atoms with Crippen LogP contribution in [0.15, 0.2) is 48.6 Å². The van der Waals surface area contributed by atoms with Crippen LogP contribution in [-0.2, 0) is 14.9 Å². The lowest BCUT2D eigenvalue weighted by molar-refractivity contribution is 0.369. The minimum absolute atomic E-state index is 0.190. The summed E-state index contributed by atoms with van der Waals surface area (Å²) in [6.07, 6.45) is 4.00. The van der Waals surface area contributed by atoms with Gasteiger partial charge in [0.2, 0.25) is 0 Å². The average molecular weight is 308 g/mol. The molecule has 0 bridgehead atoms. The van der Waals surface area contributed by atoms with E-state index >= 15 is 0 Å². The van der Waals surface area contributed by atoms with Crippen LogP contribution in [0.3, 0.4) is 0 Å². The summed E-state index contributed by atoms with van der Waals surface area (Å²) in [5, 5.41) is 19.9. The molecule has 0 unspecified atom stereocenters. The van der Waals surface area contributed by atoms with E-state index in [0.717, 1.165) is 33.8 Å². The fraction of sp³-hybridized carbons (Fsp3) is 0.158. The molecule has 2 N–H and O–H groups in total. The quantitative estimate of drug-likeness (QED) is 0.893. The Morgan fingerprint density at radius 3 is 1.57 bits per heavy atom. The standard InChI is InChI=1S/C19H16O4/c1-22-17-9-19(15-7-11(20)3-5-13(15)17)10-18(23-2)14-6-4-12(21)8-16(14)19/h3-10,20-21H,1-2H3. The van der Waals surface area contributed by atoms with Crippen LogP contribution in [0.2, 0.25) is 0 Å². The van der Waals surface area contributed by atoms with Crippen LogP contribution in [0.5, 0.6) is 11.5 Å². The van der Waals surface area contributed by atoms with Gasteiger partial charge in [-0.25, -0.2) is 0 Å². The van der Waals surface area contributed by atoms with Gasteiger partial charge in [0.25, 0.3) is 0 Å². The van der Waals surface area contributed by atoms with Gasteiger partial charge in [0, 0.05) is 11.1 Å². The van der Waals surface area contributed by atoms with Gasteiger partial charge in [-0.15, -0.1) is 0 Å². The van der Waals surface area contributed by atoms with Crippen LogP contribution >= 0.6 is 0 Å². The summed E-state index contributed by atoms with van der Waals surface area (Å²) in [5.74, 6) is 1.86. The van der Waals surface area contributed by atoms with Crippen LogP contribution in [0.1, 0.15) is 22.3 Å². The average Bonchev–Trinajstić information content (AvgIpc) is 3.03. The molecule has 0 radical (unpaired) electrons. The molecule has 0 saturated heterocycles. The molecule has 1 spiro atoms. The minimum atomic E-state index is -0.612. The number of hydrogen-bond acceptors (Lipinski definition) is 4. The third-order valence-electron chi connectivity index (χ3n) is 4.59. The Kier molecular flexibility index (Phi) is 2.73. The summed E-state index contributed by atoms with van der Waals surface area (Å²) in [5.41, 5.74) is 3.06. The van der Waals surface area contributed by atoms with E-state index in [9.17, 15) is 10.2 Å². The van der Waals surface area contributed by atoms with E-state index in [-0.39, 0.29) is 11.5 Å². The maximum Gasteiger partial charge on any atom is 0.123 e. The highest BCUT2D eigenvalue weighted by Crippen LogP contribution is 2.54. The zero-order valence-corrected chi connectivity index (χ0v) is 12.8. The number of phenols is 2. The van der Waals surface area contributed by atoms with Gasteiger partial charge in [0.05, 0.1) is 19.6 Å². The number of benzene rings is 2. The zero-order chi connectivity index (χ0) is 16.2. The fourth-order valence-electron chi connectivity index (χ4n) is 3.58. The van der Waals surface area contributed by atoms with Gasteiger partial charge in [-0.3, -0.25) is 0 Å². The van der Waals surface area contributed by atoms with E-state index in [1.165, 1.54) is 0 Å². The van der Waals surface area contributed by atoms with Gasteiger partial charge < -0.3 is 19.7 Å². The molecule has 0 fully saturated rings. The van der Waals surface area contributed by atoms with Gasteiger partial charge >= 0.3 is 0 Å². The third-order valence-corrected chi connectivity index (χ3v) is 4.59. The second-order valence-electron chi connectivity index (χ2n) is 5.75. The summed E-state index contributed by atoms with van der Waals surface area (Å²) < 4.78 is 11.1. The predicted molar refractivity (Wildman–Crippen MR) is 87.0 cm³/mol. The van der Waals surface area contributed by atoms with E-state index in [2.05, 4.69) is 0 Å². The molecule has 4 nitrogen and oxygen atoms in total. The van der Waals surface area contributed by atoms with Crippen LogP contribution < -0.4 is 0 Å². The number of hydrogen-bond donors (Lipinski definition) is 2. The number of ether oxygens (including phenoxy) is 2. The van der Waals surface area contributed by atoms with Crippen molar-refractivity contribution < 1.29 is 19.7 Å². The molecule has 0 saturated carbocycles. The molecular formula is C19H16O4. The summed E-state index contributed by atoms with van der Waals surface area (Å²) >= 11 is 0. The Hall–Kier alpha value is -2.88. The molecule has 0 aliphatic heterocycles. The molecule has 4 heteroatoms. The first kappa shape index (κ1) is 13.8. The Balaban J connectivity index is 2.07. The van der Waals surface area contributed by atoms with Crippen molar-refractivity contribution in [3.8, 4) is 11.5 Å². The van der Waals surface area contributed by atoms with Crippen molar-refractivity contribution >= 4 is 11.5 Å². The normalized spacial score (nSPS) is 16.6. The monoisotopic (exact) mass is 308 g/mol. The van der Waals surface area contributed by atoms with Crippen molar-refractivity contribution in [1.29, 1.82) is 0 Å². The van der Waals surface area contributed by atoms with E-state index in [4.69, 9.17) is 9.47 Å². The highest BCUT2D eigenvalue weighted by atomic mass is 16.5. The smallest absolute Gasteiger partial charge is 0.123 e. The zero-order valence-electron chi connectivity index (χ0n) is 12.8. The summed E-state index contributed by atoms with van der Waals surface area (Å²) in [4.78, 5) is 0. The molecule has 2 aromatic rings. The Labute approximate surface area is 133 Å². The molecule has 0 heterocycles. The minimum Gasteiger partial charge on any atom is -0.508 e. The third kappa shape index (κ3) is 1.72. The Morgan fingerprint density at radius 2 is 1.17 bits per heavy atom. The first-order chi connectivity index (χ1) is 11.1. The van der Waals surface area contributed by atoms with E-state index < -0.39 is 5.41 Å². The SMILES string of the molecule is COC1=CC2(C=C(OC)c3ccc(O)cc32)c2cc(O)ccc21. The predicted octanol–water partition coefficient (Wildman–Crippen LogP) is 3.39. The van der Waals surface area contributed by atoms with Crippen LogP contribution in [0, 0.1) is 0 Å². The molecule has 0 aromatic heterocycles. The molecule has 2 aliphatic rings. The van der Waals surface area contributed by atoms with Gasteiger partial charge in [-0.1, -0.05) is 0 Å². The number of fused-ring (bicyclic) bond motifs is 4. The van der Waals surface area contributed by atoms with Crippen molar-refractivity contribution in [1.82, 2.24) is 0 Å². The summed E-state index contributed by atoms with van der Waals surface area (Å²) in [6, 6.07) is 10.4. The van der Waals surface area contributed by atoms with Gasteiger partial charge in [0.1, 0.15) is 23.0 Å². The molecule has 0 atom stereocenters. The lowest BCUT2D eigenvalue weighted by atomic mass is 9.78. The van der Waals surface area contributed by atoms with Crippen molar-refractivity contribution in [3.63, 3.8) is 0 Å². The molecule has 23 heavy (non-hydrogen) atoms. The molecular weight excluding hydrogens is 292 g/mol. The number of methoxy groups -OCH3 is 2. The molecule has 4 rings (SSSR count). The van der Waals surface area contributed by atoms with E-state index in [1.54, 1.807) is 38.5 Å². The molecule has 116 valence electrons. The second kappa shape index (κ2) is 4.56. The van der Waals surface area contributed by atoms with E-state index in [0.29, 0.717) is 0 Å². The molecule has 0 amide bonds. The number of allylic oxidation sites excluding steroid dienone is 2. The van der Waals surface area contributed by atoms with Crippen molar-refractivity contribution in [2.24, 2.45) is 0 Å². The summed E-state index contributed by atoms with van der Waals surface area (Å²) in [7, 11) is 3.25. The first-order valence-corrected chi connectivity index (χ1v) is 7.30. The maximum atomic E-state index is 9.96. The molecule has 2 aliphatic carbocycles. The van der Waals surface area contributed by atoms with Crippen molar-refractivity contribution in [2.75, 3.05) is 14.2 Å². The lowest BCUT2D eigenvalue weighted by Crippen LogP contribution is -2.18. The number of aromatic hydroxyl groups is 2. The molecule has 2 aromatic carbocycles. The van der Waals surface area contributed by atoms with Crippen molar-refractivity contribution in [2.45, 2.75) is 5.41 Å². The van der Waals surface area contributed by atoms with Crippen LogP contribution in [0.25, 0.3) is 11.5 Å². The van der Waals surface area contributed by atoms with Crippen LogP contribution in [0.4, 0.5) is 0 Å². The first-order valence-electron chi connectivity index (χ1n) is 7.30. The van der Waals surface area contributed by atoms with Crippen molar-refractivity contribution in [3.05, 3.63) is 70.8 Å². The lowest BCUT2D eigenvalue weighted by Gasteiger charge is -2.23. The second-order valence-corrected chi connectivity index (χ2v) is 5.75. The maximum absolute atomic E-state index is 9.96. The largest absolute Gasteiger partial charge is 0.508 e.